The lowest BCUT2D eigenvalue weighted by Crippen LogP contribution is -2.31. The molecule has 0 aromatic heterocycles. The lowest BCUT2D eigenvalue weighted by Gasteiger charge is -2.24. The number of rotatable bonds is 4. The van der Waals surface area contributed by atoms with Crippen molar-refractivity contribution in [3.63, 3.8) is 0 Å². The normalized spacial score (nSPS) is 18.2. The van der Waals surface area contributed by atoms with Gasteiger partial charge in [-0.3, -0.25) is 4.79 Å². The Kier molecular flexibility index (Phi) is 3.97. The van der Waals surface area contributed by atoms with Gasteiger partial charge in [0.05, 0.1) is 5.92 Å². The molecule has 0 saturated carbocycles. The first-order valence-corrected chi connectivity index (χ1v) is 6.29. The summed E-state index contributed by atoms with van der Waals surface area (Å²) < 4.78 is 0. The van der Waals surface area contributed by atoms with Crippen LogP contribution in [-0.4, -0.2) is 12.5 Å². The van der Waals surface area contributed by atoms with Crippen LogP contribution in [0.15, 0.2) is 36.9 Å². The van der Waals surface area contributed by atoms with E-state index in [1.807, 2.05) is 12.1 Å². The molecule has 0 saturated heterocycles. The zero-order valence-corrected chi connectivity index (χ0v) is 10.1. The molecule has 0 heterocycles. The zero-order chi connectivity index (χ0) is 12.1. The molecule has 1 aliphatic rings. The van der Waals surface area contributed by atoms with Crippen molar-refractivity contribution in [3.05, 3.63) is 48.0 Å². The first-order chi connectivity index (χ1) is 8.33. The minimum atomic E-state index is 0.0461. The van der Waals surface area contributed by atoms with Crippen LogP contribution in [0.1, 0.15) is 36.3 Å². The topological polar surface area (TPSA) is 29.1 Å². The van der Waals surface area contributed by atoms with Gasteiger partial charge in [0.1, 0.15) is 0 Å². The summed E-state index contributed by atoms with van der Waals surface area (Å²) in [5, 5.41) is 2.98. The Hall–Kier alpha value is -1.57. The van der Waals surface area contributed by atoms with E-state index in [-0.39, 0.29) is 11.8 Å². The molecule has 90 valence electrons. The molecule has 2 nitrogen and oxygen atoms in total. The smallest absolute Gasteiger partial charge is 0.227 e. The van der Waals surface area contributed by atoms with E-state index in [0.29, 0.717) is 6.54 Å². The van der Waals surface area contributed by atoms with E-state index in [0.717, 1.165) is 25.7 Å². The average Bonchev–Trinajstić information content (AvgIpc) is 2.38. The molecule has 0 radical (unpaired) electrons. The molecule has 1 unspecified atom stereocenters. The molecule has 1 aliphatic carbocycles. The van der Waals surface area contributed by atoms with Crippen molar-refractivity contribution in [2.75, 3.05) is 6.54 Å². The molecule has 0 spiro atoms. The maximum Gasteiger partial charge on any atom is 0.227 e. The third kappa shape index (κ3) is 2.76. The molecule has 0 fully saturated rings. The van der Waals surface area contributed by atoms with Crippen LogP contribution >= 0.6 is 0 Å². The molecule has 2 heteroatoms. The number of amides is 1. The van der Waals surface area contributed by atoms with Crippen molar-refractivity contribution in [1.82, 2.24) is 5.32 Å². The highest BCUT2D eigenvalue weighted by Crippen LogP contribution is 2.31. The summed E-state index contributed by atoms with van der Waals surface area (Å²) in [6.45, 7) is 4.35. The maximum absolute atomic E-state index is 12.1. The quantitative estimate of drug-likeness (QED) is 0.624. The monoisotopic (exact) mass is 229 g/mol. The second kappa shape index (κ2) is 5.67. The lowest BCUT2D eigenvalue weighted by atomic mass is 9.82. The summed E-state index contributed by atoms with van der Waals surface area (Å²) in [7, 11) is 0. The lowest BCUT2D eigenvalue weighted by molar-refractivity contribution is -0.122. The Morgan fingerprint density at radius 1 is 1.47 bits per heavy atom. The second-order valence-electron chi connectivity index (χ2n) is 4.51. The first-order valence-electron chi connectivity index (χ1n) is 6.29. The molecule has 1 N–H and O–H groups in total. The van der Waals surface area contributed by atoms with Crippen LogP contribution in [0.5, 0.6) is 0 Å². The first kappa shape index (κ1) is 11.9. The van der Waals surface area contributed by atoms with E-state index >= 15 is 0 Å². The Balaban J connectivity index is 2.07. The van der Waals surface area contributed by atoms with Gasteiger partial charge in [0.25, 0.3) is 0 Å². The Morgan fingerprint density at radius 2 is 2.29 bits per heavy atom. The number of nitrogens with one attached hydrogen (secondary N) is 1. The fourth-order valence-electron chi connectivity index (χ4n) is 2.45. The highest BCUT2D eigenvalue weighted by molar-refractivity contribution is 5.84. The van der Waals surface area contributed by atoms with Gasteiger partial charge < -0.3 is 5.32 Å². The molecule has 0 bridgehead atoms. The molecular weight excluding hydrogens is 210 g/mol. The Bertz CT molecular complexity index is 411. The van der Waals surface area contributed by atoms with Gasteiger partial charge in [0.15, 0.2) is 0 Å². The molecule has 2 rings (SSSR count). The third-order valence-corrected chi connectivity index (χ3v) is 3.33. The fourth-order valence-corrected chi connectivity index (χ4v) is 2.45. The van der Waals surface area contributed by atoms with Crippen LogP contribution in [0.3, 0.4) is 0 Å². The van der Waals surface area contributed by atoms with E-state index in [1.165, 1.54) is 11.1 Å². The van der Waals surface area contributed by atoms with E-state index < -0.39 is 0 Å². The molecule has 17 heavy (non-hydrogen) atoms. The van der Waals surface area contributed by atoms with Crippen LogP contribution in [-0.2, 0) is 11.2 Å². The predicted molar refractivity (Wildman–Crippen MR) is 69.9 cm³/mol. The van der Waals surface area contributed by atoms with E-state index in [1.54, 1.807) is 0 Å². The molecular formula is C15H19NO. The summed E-state index contributed by atoms with van der Waals surface area (Å²) >= 11 is 0. The number of hydrogen-bond acceptors (Lipinski definition) is 1. The van der Waals surface area contributed by atoms with Crippen LogP contribution < -0.4 is 5.32 Å². The number of hydrogen-bond donors (Lipinski definition) is 1. The van der Waals surface area contributed by atoms with Gasteiger partial charge in [-0.05, 0) is 36.8 Å². The van der Waals surface area contributed by atoms with Gasteiger partial charge in [0.2, 0.25) is 5.91 Å². The highest BCUT2D eigenvalue weighted by atomic mass is 16.1. The predicted octanol–water partition coefficient (Wildman–Crippen LogP) is 2.80. The summed E-state index contributed by atoms with van der Waals surface area (Å²) in [5.41, 5.74) is 2.55. The van der Waals surface area contributed by atoms with Gasteiger partial charge in [-0.25, -0.2) is 0 Å². The van der Waals surface area contributed by atoms with Gasteiger partial charge >= 0.3 is 0 Å². The molecule has 1 aromatic rings. The Morgan fingerprint density at radius 3 is 3.12 bits per heavy atom. The Labute approximate surface area is 103 Å². The minimum absolute atomic E-state index is 0.0461. The van der Waals surface area contributed by atoms with Crippen molar-refractivity contribution in [2.45, 2.75) is 31.6 Å². The van der Waals surface area contributed by atoms with Crippen molar-refractivity contribution < 1.29 is 4.79 Å². The van der Waals surface area contributed by atoms with Gasteiger partial charge in [0, 0.05) is 6.54 Å². The molecule has 1 aromatic carbocycles. The summed E-state index contributed by atoms with van der Waals surface area (Å²) in [5.74, 6) is 0.212. The van der Waals surface area contributed by atoms with Gasteiger partial charge in [-0.15, -0.1) is 6.58 Å². The molecule has 1 atom stereocenters. The number of carbonyl (C=O) groups excluding carboxylic acids is 1. The second-order valence-corrected chi connectivity index (χ2v) is 4.51. The largest absolute Gasteiger partial charge is 0.355 e. The van der Waals surface area contributed by atoms with E-state index in [4.69, 9.17) is 0 Å². The highest BCUT2D eigenvalue weighted by Gasteiger charge is 2.25. The summed E-state index contributed by atoms with van der Waals surface area (Å²) in [4.78, 5) is 12.1. The average molecular weight is 229 g/mol. The fraction of sp³-hybridized carbons (Fsp3) is 0.400. The van der Waals surface area contributed by atoms with Crippen molar-refractivity contribution >= 4 is 5.91 Å². The number of fused-ring (bicyclic) bond motifs is 1. The van der Waals surface area contributed by atoms with Crippen molar-refractivity contribution in [3.8, 4) is 0 Å². The van der Waals surface area contributed by atoms with E-state index in [9.17, 15) is 4.79 Å². The maximum atomic E-state index is 12.1. The van der Waals surface area contributed by atoms with Crippen LogP contribution in [0.2, 0.25) is 0 Å². The number of benzene rings is 1. The number of carbonyl (C=O) groups is 1. The van der Waals surface area contributed by atoms with Gasteiger partial charge in [-0.1, -0.05) is 30.3 Å². The van der Waals surface area contributed by atoms with Crippen LogP contribution in [0.4, 0.5) is 0 Å². The SMILES string of the molecule is C=CCCNC(=O)C1CCCc2ccccc21. The van der Waals surface area contributed by atoms with E-state index in [2.05, 4.69) is 30.1 Å². The summed E-state index contributed by atoms with van der Waals surface area (Å²) in [6.07, 6.45) is 5.84. The number of aryl methyl sites for hydroxylation is 1. The van der Waals surface area contributed by atoms with Gasteiger partial charge in [-0.2, -0.15) is 0 Å². The molecule has 1 amide bonds. The minimum Gasteiger partial charge on any atom is -0.355 e. The third-order valence-electron chi connectivity index (χ3n) is 3.33. The summed E-state index contributed by atoms with van der Waals surface area (Å²) in [6, 6.07) is 8.30. The van der Waals surface area contributed by atoms with Crippen LogP contribution in [0.25, 0.3) is 0 Å². The van der Waals surface area contributed by atoms with Crippen molar-refractivity contribution in [2.24, 2.45) is 0 Å². The zero-order valence-electron chi connectivity index (χ0n) is 10.1. The van der Waals surface area contributed by atoms with Crippen LogP contribution in [0, 0.1) is 0 Å². The molecule has 0 aliphatic heterocycles. The van der Waals surface area contributed by atoms with Crippen molar-refractivity contribution in [1.29, 1.82) is 0 Å². The standard InChI is InChI=1S/C15H19NO/c1-2-3-11-16-15(17)14-10-6-8-12-7-4-5-9-13(12)14/h2,4-5,7,9,14H,1,3,6,8,10-11H2,(H,16,17).